The van der Waals surface area contributed by atoms with Gasteiger partial charge in [-0.25, -0.2) is 4.39 Å². The molecule has 0 aliphatic rings. The van der Waals surface area contributed by atoms with Crippen LogP contribution in [0.5, 0.6) is 0 Å². The van der Waals surface area contributed by atoms with Crippen molar-refractivity contribution in [2.75, 3.05) is 11.9 Å². The summed E-state index contributed by atoms with van der Waals surface area (Å²) in [5.41, 5.74) is 0.839. The zero-order valence-electron chi connectivity index (χ0n) is 9.02. The Morgan fingerprint density at radius 2 is 2.07 bits per heavy atom. The Morgan fingerprint density at radius 1 is 1.27 bits per heavy atom. The first-order chi connectivity index (χ1) is 7.24. The van der Waals surface area contributed by atoms with Gasteiger partial charge in [-0.1, -0.05) is 26.2 Å². The first kappa shape index (κ1) is 12.5. The van der Waals surface area contributed by atoms with Crippen LogP contribution in [-0.4, -0.2) is 6.54 Å². The number of unbranched alkanes of at least 4 members (excludes halogenated alkanes) is 3. The molecule has 84 valence electrons. The van der Waals surface area contributed by atoms with Crippen molar-refractivity contribution in [1.82, 2.24) is 0 Å². The Morgan fingerprint density at radius 3 is 2.80 bits per heavy atom. The highest BCUT2D eigenvalue weighted by molar-refractivity contribution is 9.10. The molecule has 1 aromatic carbocycles. The molecule has 0 bridgehead atoms. The second kappa shape index (κ2) is 6.83. The molecule has 1 N–H and O–H groups in total. The molecule has 3 heteroatoms. The lowest BCUT2D eigenvalue weighted by molar-refractivity contribution is 0.627. The van der Waals surface area contributed by atoms with Gasteiger partial charge < -0.3 is 5.32 Å². The molecule has 0 saturated heterocycles. The van der Waals surface area contributed by atoms with Crippen LogP contribution in [0.1, 0.15) is 32.6 Å². The van der Waals surface area contributed by atoms with E-state index in [0.717, 1.165) is 23.1 Å². The van der Waals surface area contributed by atoms with E-state index in [9.17, 15) is 4.39 Å². The maximum Gasteiger partial charge on any atom is 0.125 e. The number of hydrogen-bond donors (Lipinski definition) is 1. The lowest BCUT2D eigenvalue weighted by atomic mass is 10.2. The molecule has 0 aliphatic carbocycles. The van der Waals surface area contributed by atoms with Crippen LogP contribution in [0.25, 0.3) is 0 Å². The molecule has 1 nitrogen and oxygen atoms in total. The highest BCUT2D eigenvalue weighted by Gasteiger charge is 2.00. The highest BCUT2D eigenvalue weighted by atomic mass is 79.9. The zero-order chi connectivity index (χ0) is 11.1. The normalized spacial score (nSPS) is 10.3. The minimum absolute atomic E-state index is 0.200. The van der Waals surface area contributed by atoms with Crippen LogP contribution in [0.3, 0.4) is 0 Å². The summed E-state index contributed by atoms with van der Waals surface area (Å²) in [6.07, 6.45) is 4.88. The third kappa shape index (κ3) is 4.65. The van der Waals surface area contributed by atoms with E-state index in [0.29, 0.717) is 0 Å². The third-order valence-electron chi connectivity index (χ3n) is 2.27. The number of hydrogen-bond acceptors (Lipinski definition) is 1. The van der Waals surface area contributed by atoms with Gasteiger partial charge in [0.25, 0.3) is 0 Å². The van der Waals surface area contributed by atoms with Gasteiger partial charge in [0.2, 0.25) is 0 Å². The lowest BCUT2D eigenvalue weighted by Gasteiger charge is -2.08. The van der Waals surface area contributed by atoms with E-state index in [-0.39, 0.29) is 5.82 Å². The average molecular weight is 274 g/mol. The molecule has 0 unspecified atom stereocenters. The Labute approximate surface area is 99.2 Å². The SMILES string of the molecule is CCCCCCNc1cc(F)ccc1Br. The van der Waals surface area contributed by atoms with Gasteiger partial charge in [-0.2, -0.15) is 0 Å². The van der Waals surface area contributed by atoms with E-state index >= 15 is 0 Å². The quantitative estimate of drug-likeness (QED) is 0.749. The van der Waals surface area contributed by atoms with E-state index in [4.69, 9.17) is 0 Å². The summed E-state index contributed by atoms with van der Waals surface area (Å²) in [6.45, 7) is 3.10. The van der Waals surface area contributed by atoms with Crippen molar-refractivity contribution in [2.24, 2.45) is 0 Å². The summed E-state index contributed by atoms with van der Waals surface area (Å²) in [4.78, 5) is 0. The predicted octanol–water partition coefficient (Wildman–Crippen LogP) is 4.58. The van der Waals surface area contributed by atoms with Gasteiger partial charge in [0.05, 0.1) is 5.69 Å². The lowest BCUT2D eigenvalue weighted by Crippen LogP contribution is -2.02. The van der Waals surface area contributed by atoms with Crippen LogP contribution in [0, 0.1) is 5.82 Å². The molecule has 0 aliphatic heterocycles. The third-order valence-corrected chi connectivity index (χ3v) is 2.97. The molecule has 0 saturated carbocycles. The van der Waals surface area contributed by atoms with Crippen LogP contribution >= 0.6 is 15.9 Å². The standard InChI is InChI=1S/C12H17BrFN/c1-2-3-4-5-8-15-12-9-10(14)6-7-11(12)13/h6-7,9,15H,2-5,8H2,1H3. The fraction of sp³-hybridized carbons (Fsp3) is 0.500. The summed E-state index contributed by atoms with van der Waals surface area (Å²) < 4.78 is 13.8. The molecule has 0 heterocycles. The Bertz CT molecular complexity index is 302. The zero-order valence-corrected chi connectivity index (χ0v) is 10.6. The van der Waals surface area contributed by atoms with E-state index in [1.165, 1.54) is 31.4 Å². The number of anilines is 1. The predicted molar refractivity (Wildman–Crippen MR) is 66.7 cm³/mol. The molecule has 0 aromatic heterocycles. The first-order valence-corrected chi connectivity index (χ1v) is 6.22. The fourth-order valence-electron chi connectivity index (χ4n) is 1.41. The molecule has 0 radical (unpaired) electrons. The Kier molecular flexibility index (Phi) is 5.69. The van der Waals surface area contributed by atoms with E-state index in [1.807, 2.05) is 0 Å². The maximum atomic E-state index is 12.9. The summed E-state index contributed by atoms with van der Waals surface area (Å²) in [7, 11) is 0. The molecule has 0 fully saturated rings. The molecular weight excluding hydrogens is 257 g/mol. The summed E-state index contributed by atoms with van der Waals surface area (Å²) >= 11 is 3.38. The molecule has 0 amide bonds. The van der Waals surface area contributed by atoms with Crippen molar-refractivity contribution < 1.29 is 4.39 Å². The van der Waals surface area contributed by atoms with Gasteiger partial charge >= 0.3 is 0 Å². The minimum Gasteiger partial charge on any atom is -0.384 e. The topological polar surface area (TPSA) is 12.0 Å². The van der Waals surface area contributed by atoms with E-state index in [2.05, 4.69) is 28.2 Å². The number of benzene rings is 1. The second-order valence-corrected chi connectivity index (χ2v) is 4.47. The smallest absolute Gasteiger partial charge is 0.125 e. The molecule has 0 spiro atoms. The summed E-state index contributed by atoms with van der Waals surface area (Å²) in [5.74, 6) is -0.200. The van der Waals surface area contributed by atoms with Gasteiger partial charge in [0.15, 0.2) is 0 Å². The van der Waals surface area contributed by atoms with Crippen LogP contribution in [0.4, 0.5) is 10.1 Å². The first-order valence-electron chi connectivity index (χ1n) is 5.43. The van der Waals surface area contributed by atoms with Crippen LogP contribution in [-0.2, 0) is 0 Å². The van der Waals surface area contributed by atoms with Crippen molar-refractivity contribution >= 4 is 21.6 Å². The monoisotopic (exact) mass is 273 g/mol. The average Bonchev–Trinajstić information content (AvgIpc) is 2.23. The van der Waals surface area contributed by atoms with Crippen molar-refractivity contribution in [3.8, 4) is 0 Å². The van der Waals surface area contributed by atoms with Crippen LogP contribution < -0.4 is 5.32 Å². The Hall–Kier alpha value is -0.570. The molecule has 15 heavy (non-hydrogen) atoms. The van der Waals surface area contributed by atoms with Crippen molar-refractivity contribution in [3.05, 3.63) is 28.5 Å². The highest BCUT2D eigenvalue weighted by Crippen LogP contribution is 2.22. The van der Waals surface area contributed by atoms with Gasteiger partial charge in [-0.3, -0.25) is 0 Å². The molecule has 1 rings (SSSR count). The number of nitrogens with one attached hydrogen (secondary N) is 1. The number of rotatable bonds is 6. The minimum atomic E-state index is -0.200. The van der Waals surface area contributed by atoms with Gasteiger partial charge in [-0.05, 0) is 40.5 Å². The number of halogens is 2. The van der Waals surface area contributed by atoms with Gasteiger partial charge in [0, 0.05) is 11.0 Å². The van der Waals surface area contributed by atoms with E-state index in [1.54, 1.807) is 6.07 Å². The van der Waals surface area contributed by atoms with E-state index < -0.39 is 0 Å². The second-order valence-electron chi connectivity index (χ2n) is 3.61. The fourth-order valence-corrected chi connectivity index (χ4v) is 1.79. The summed E-state index contributed by atoms with van der Waals surface area (Å²) in [6, 6.07) is 4.69. The molecular formula is C12H17BrFN. The largest absolute Gasteiger partial charge is 0.384 e. The van der Waals surface area contributed by atoms with Crippen LogP contribution in [0.2, 0.25) is 0 Å². The maximum absolute atomic E-state index is 12.9. The molecule has 1 aromatic rings. The van der Waals surface area contributed by atoms with Gasteiger partial charge in [0.1, 0.15) is 5.82 Å². The van der Waals surface area contributed by atoms with Crippen LogP contribution in [0.15, 0.2) is 22.7 Å². The molecule has 0 atom stereocenters. The van der Waals surface area contributed by atoms with Crippen molar-refractivity contribution in [2.45, 2.75) is 32.6 Å². The summed E-state index contributed by atoms with van der Waals surface area (Å²) in [5, 5.41) is 3.23. The van der Waals surface area contributed by atoms with Crippen molar-refractivity contribution in [1.29, 1.82) is 0 Å². The van der Waals surface area contributed by atoms with Crippen molar-refractivity contribution in [3.63, 3.8) is 0 Å². The van der Waals surface area contributed by atoms with Gasteiger partial charge in [-0.15, -0.1) is 0 Å². The Balaban J connectivity index is 2.33.